The van der Waals surface area contributed by atoms with Crippen LogP contribution in [0.5, 0.6) is 0 Å². The fraction of sp³-hybridized carbons (Fsp3) is 0.250. The van der Waals surface area contributed by atoms with E-state index in [1.807, 2.05) is 0 Å². The number of fused-ring (bicyclic) bond motifs is 1. The highest BCUT2D eigenvalue weighted by Crippen LogP contribution is 2.43. The number of thiophene rings is 1. The molecule has 1 aliphatic carbocycles. The number of rotatable bonds is 8. The summed E-state index contributed by atoms with van der Waals surface area (Å²) >= 11 is 0.769. The molecule has 4 aromatic rings. The first-order valence-electron chi connectivity index (χ1n) is 11.0. The first-order valence-corrected chi connectivity index (χ1v) is 11.8. The van der Waals surface area contributed by atoms with Gasteiger partial charge in [0.15, 0.2) is 0 Å². The van der Waals surface area contributed by atoms with Crippen LogP contribution in [0.2, 0.25) is 0 Å². The molecule has 186 valence electrons. The van der Waals surface area contributed by atoms with Crippen molar-refractivity contribution >= 4 is 39.1 Å². The molecule has 0 spiro atoms. The number of amides is 2. The Hall–Kier alpha value is -3.80. The number of nitrogens with zero attached hydrogens (tertiary/aromatic N) is 3. The molecular weight excluding hydrogens is 498 g/mol. The Bertz CT molecular complexity index is 1460. The van der Waals surface area contributed by atoms with Crippen LogP contribution in [0.1, 0.15) is 58.4 Å². The number of hydrogen-bond donors (Lipinski definition) is 2. The van der Waals surface area contributed by atoms with Gasteiger partial charge in [-0.15, -0.1) is 11.3 Å². The number of alkyl halides is 4. The van der Waals surface area contributed by atoms with Crippen LogP contribution in [0.4, 0.5) is 23.2 Å². The number of nitrogens with one attached hydrogen (secondary N) is 1. The molecule has 1 aromatic carbocycles. The van der Waals surface area contributed by atoms with Gasteiger partial charge in [0.25, 0.3) is 18.8 Å². The lowest BCUT2D eigenvalue weighted by Gasteiger charge is -2.12. The first-order chi connectivity index (χ1) is 17.2. The Morgan fingerprint density at radius 1 is 1.11 bits per heavy atom. The maximum absolute atomic E-state index is 13.6. The van der Waals surface area contributed by atoms with E-state index in [0.29, 0.717) is 16.8 Å². The summed E-state index contributed by atoms with van der Waals surface area (Å²) in [6.07, 6.45) is -4.00. The summed E-state index contributed by atoms with van der Waals surface area (Å²) in [5.41, 5.74) is 6.02. The second kappa shape index (κ2) is 9.34. The summed E-state index contributed by atoms with van der Waals surface area (Å²) in [6.45, 7) is -0.537. The van der Waals surface area contributed by atoms with Crippen molar-refractivity contribution in [2.24, 2.45) is 5.73 Å². The molecule has 0 aliphatic heterocycles. The van der Waals surface area contributed by atoms with Crippen LogP contribution in [0.25, 0.3) is 21.3 Å². The molecule has 3 heterocycles. The lowest BCUT2D eigenvalue weighted by Crippen LogP contribution is -2.22. The zero-order valence-electron chi connectivity index (χ0n) is 18.6. The number of carbonyl (C=O) groups excluding carboxylic acids is 2. The number of anilines is 1. The molecule has 3 aromatic heterocycles. The molecule has 36 heavy (non-hydrogen) atoms. The van der Waals surface area contributed by atoms with Crippen LogP contribution in [-0.4, -0.2) is 26.6 Å². The van der Waals surface area contributed by atoms with Gasteiger partial charge in [0, 0.05) is 11.3 Å². The average molecular weight is 518 g/mol. The van der Waals surface area contributed by atoms with Crippen LogP contribution >= 0.6 is 11.3 Å². The normalized spacial score (nSPS) is 13.6. The third-order valence-electron chi connectivity index (χ3n) is 5.82. The summed E-state index contributed by atoms with van der Waals surface area (Å²) < 4.78 is 55.2. The predicted octanol–water partition coefficient (Wildman–Crippen LogP) is 5.65. The Balaban J connectivity index is 1.58. The van der Waals surface area contributed by atoms with E-state index in [1.165, 1.54) is 12.1 Å². The molecule has 0 saturated heterocycles. The quantitative estimate of drug-likeness (QED) is 0.295. The largest absolute Gasteiger partial charge is 0.365 e. The fourth-order valence-electron chi connectivity index (χ4n) is 4.02. The molecule has 1 saturated carbocycles. The van der Waals surface area contributed by atoms with Gasteiger partial charge in [-0.1, -0.05) is 30.3 Å². The molecule has 0 unspecified atom stereocenters. The third-order valence-corrected chi connectivity index (χ3v) is 6.92. The van der Waals surface area contributed by atoms with Crippen molar-refractivity contribution in [2.45, 2.75) is 38.2 Å². The molecule has 5 rings (SSSR count). The van der Waals surface area contributed by atoms with Crippen LogP contribution in [-0.2, 0) is 11.3 Å². The van der Waals surface area contributed by atoms with Gasteiger partial charge in [-0.25, -0.2) is 22.5 Å². The number of aromatic nitrogens is 3. The first kappa shape index (κ1) is 23.9. The lowest BCUT2D eigenvalue weighted by atomic mass is 10.0. The second-order valence-corrected chi connectivity index (χ2v) is 9.39. The molecule has 1 aliphatic rings. The van der Waals surface area contributed by atoms with E-state index in [4.69, 9.17) is 5.73 Å². The molecule has 3 N–H and O–H groups in total. The van der Waals surface area contributed by atoms with Crippen molar-refractivity contribution in [3.8, 4) is 11.1 Å². The van der Waals surface area contributed by atoms with Gasteiger partial charge < -0.3 is 11.1 Å². The van der Waals surface area contributed by atoms with E-state index in [-0.39, 0.29) is 32.4 Å². The van der Waals surface area contributed by atoms with E-state index in [2.05, 4.69) is 15.4 Å². The van der Waals surface area contributed by atoms with Crippen LogP contribution < -0.4 is 11.1 Å². The Morgan fingerprint density at radius 3 is 2.44 bits per heavy atom. The topological polar surface area (TPSA) is 103 Å². The van der Waals surface area contributed by atoms with Crippen molar-refractivity contribution in [3.63, 3.8) is 0 Å². The van der Waals surface area contributed by atoms with Gasteiger partial charge in [0.2, 0.25) is 5.91 Å². The van der Waals surface area contributed by atoms with E-state index in [9.17, 15) is 27.2 Å². The van der Waals surface area contributed by atoms with Crippen molar-refractivity contribution in [1.29, 1.82) is 0 Å². The minimum absolute atomic E-state index is 0.00663. The van der Waals surface area contributed by atoms with E-state index in [0.717, 1.165) is 28.9 Å². The molecule has 0 bridgehead atoms. The number of nitrogens with two attached hydrogens (primary N) is 1. The van der Waals surface area contributed by atoms with Crippen LogP contribution in [0, 0.1) is 0 Å². The highest BCUT2D eigenvalue weighted by atomic mass is 32.1. The third kappa shape index (κ3) is 4.55. The van der Waals surface area contributed by atoms with Gasteiger partial charge >= 0.3 is 0 Å². The highest BCUT2D eigenvalue weighted by molar-refractivity contribution is 7.21. The highest BCUT2D eigenvalue weighted by Gasteiger charge is 2.30. The van der Waals surface area contributed by atoms with E-state index in [1.54, 1.807) is 30.3 Å². The molecule has 0 atom stereocenters. The fourth-order valence-corrected chi connectivity index (χ4v) is 5.03. The Morgan fingerprint density at radius 2 is 1.83 bits per heavy atom. The number of halogens is 4. The minimum atomic E-state index is -2.87. The summed E-state index contributed by atoms with van der Waals surface area (Å²) in [6, 6.07) is 11.0. The number of primary amides is 1. The summed E-state index contributed by atoms with van der Waals surface area (Å²) in [7, 11) is 0. The van der Waals surface area contributed by atoms with E-state index >= 15 is 0 Å². The SMILES string of the molecule is NC(=O)c1sc2nc(C(F)F)cc(-c3ccccc3)c2c1NC(=O)Cn1nc(C2CC2)cc1C(F)F. The molecular formula is C24H19F4N5O2S. The minimum Gasteiger partial charge on any atom is -0.365 e. The van der Waals surface area contributed by atoms with Gasteiger partial charge in [0.1, 0.15) is 27.6 Å². The molecule has 7 nitrogen and oxygen atoms in total. The average Bonchev–Trinajstić information content (AvgIpc) is 3.51. The molecule has 2 amide bonds. The smallest absolute Gasteiger partial charge is 0.280 e. The standard InChI is InChI=1S/C24H19F4N5O2S/c25-21(26)15-8-13(11-4-2-1-3-5-11)18-19(20(23(29)35)36-24(18)30-15)31-17(34)10-33-16(22(27)28)9-14(32-33)12-6-7-12/h1-5,8-9,12,21-22H,6-7,10H2,(H2,29,35)(H,31,34). The van der Waals surface area contributed by atoms with Crippen molar-refractivity contribution in [2.75, 3.05) is 5.32 Å². The summed E-state index contributed by atoms with van der Waals surface area (Å²) in [4.78, 5) is 29.2. The number of pyridine rings is 1. The molecule has 0 radical (unpaired) electrons. The number of hydrogen-bond acceptors (Lipinski definition) is 5. The van der Waals surface area contributed by atoms with Crippen LogP contribution in [0.3, 0.4) is 0 Å². The monoisotopic (exact) mass is 517 g/mol. The molecule has 1 fully saturated rings. The maximum atomic E-state index is 13.6. The zero-order chi connectivity index (χ0) is 25.6. The lowest BCUT2D eigenvalue weighted by molar-refractivity contribution is -0.117. The zero-order valence-corrected chi connectivity index (χ0v) is 19.4. The Labute approximate surface area is 205 Å². The van der Waals surface area contributed by atoms with E-state index < -0.39 is 36.9 Å². The molecule has 12 heteroatoms. The number of carbonyl (C=O) groups is 2. The van der Waals surface area contributed by atoms with Crippen molar-refractivity contribution < 1.29 is 27.2 Å². The van der Waals surface area contributed by atoms with Crippen molar-refractivity contribution in [3.05, 3.63) is 64.4 Å². The van der Waals surface area contributed by atoms with Gasteiger partial charge in [-0.05, 0) is 36.1 Å². The maximum Gasteiger partial charge on any atom is 0.280 e. The van der Waals surface area contributed by atoms with Gasteiger partial charge in [-0.3, -0.25) is 14.3 Å². The Kier molecular flexibility index (Phi) is 6.20. The second-order valence-electron chi connectivity index (χ2n) is 8.39. The summed E-state index contributed by atoms with van der Waals surface area (Å²) in [5.74, 6) is -1.52. The van der Waals surface area contributed by atoms with Gasteiger partial charge in [-0.2, -0.15) is 5.10 Å². The predicted molar refractivity (Wildman–Crippen MR) is 126 cm³/mol. The van der Waals surface area contributed by atoms with Crippen LogP contribution in [0.15, 0.2) is 42.5 Å². The summed E-state index contributed by atoms with van der Waals surface area (Å²) in [5, 5.41) is 7.01. The number of benzene rings is 1. The van der Waals surface area contributed by atoms with Crippen molar-refractivity contribution in [1.82, 2.24) is 14.8 Å². The van der Waals surface area contributed by atoms with Gasteiger partial charge in [0.05, 0.1) is 11.4 Å².